The summed E-state index contributed by atoms with van der Waals surface area (Å²) in [5.41, 5.74) is 0. The van der Waals surface area contributed by atoms with E-state index in [0.717, 1.165) is 0 Å². The van der Waals surface area contributed by atoms with Crippen molar-refractivity contribution in [3.8, 4) is 0 Å². The van der Waals surface area contributed by atoms with E-state index in [0.29, 0.717) is 6.42 Å². The van der Waals surface area contributed by atoms with Crippen LogP contribution in [0.25, 0.3) is 0 Å². The Balaban J connectivity index is 5.56. The van der Waals surface area contributed by atoms with Crippen LogP contribution in [0.1, 0.15) is 53.9 Å². The maximum atomic E-state index is 12.7. The van der Waals surface area contributed by atoms with Crippen molar-refractivity contribution in [2.24, 2.45) is 11.8 Å². The molecule has 0 heterocycles. The molecule has 0 fully saturated rings. The van der Waals surface area contributed by atoms with E-state index in [9.17, 15) is 32.8 Å². The number of hydrogen-bond donors (Lipinski definition) is 4. The van der Waals surface area contributed by atoms with Crippen molar-refractivity contribution in [2.45, 2.75) is 78.4 Å². The Labute approximate surface area is 174 Å². The third-order valence-corrected chi connectivity index (χ3v) is 4.45. The van der Waals surface area contributed by atoms with E-state index >= 15 is 0 Å². The number of hydrogen-bond acceptors (Lipinski definition) is 5. The third-order valence-electron chi connectivity index (χ3n) is 4.45. The fourth-order valence-corrected chi connectivity index (χ4v) is 2.72. The first-order chi connectivity index (χ1) is 13.8. The molecule has 172 valence electrons. The topological polar surface area (TPSA) is 142 Å². The van der Waals surface area contributed by atoms with E-state index in [1.165, 1.54) is 6.92 Å². The lowest BCUT2D eigenvalue weighted by molar-refractivity contribution is -0.151. The number of Topliss-reactive ketones (excluding diaryl/α,β-unsaturated/α-hetero) is 1. The molecule has 1 unspecified atom stereocenters. The van der Waals surface area contributed by atoms with Crippen molar-refractivity contribution < 1.29 is 37.9 Å². The molecular weight excluding hydrogens is 404 g/mol. The van der Waals surface area contributed by atoms with Gasteiger partial charge in [0.1, 0.15) is 18.1 Å². The van der Waals surface area contributed by atoms with Crippen molar-refractivity contribution in [2.75, 3.05) is 0 Å². The van der Waals surface area contributed by atoms with Gasteiger partial charge in [-0.15, -0.1) is 0 Å². The molecule has 30 heavy (non-hydrogen) atoms. The number of nitrogens with one attached hydrogen (secondary N) is 3. The zero-order valence-electron chi connectivity index (χ0n) is 17.8. The van der Waals surface area contributed by atoms with Crippen LogP contribution in [-0.4, -0.2) is 59.1 Å². The Bertz CT molecular complexity index is 642. The highest BCUT2D eigenvalue weighted by Gasteiger charge is 2.34. The van der Waals surface area contributed by atoms with Gasteiger partial charge < -0.3 is 21.1 Å². The molecule has 0 saturated heterocycles. The Kier molecular flexibility index (Phi) is 11.8. The average molecular weight is 435 g/mol. The highest BCUT2D eigenvalue weighted by Crippen LogP contribution is 2.12. The monoisotopic (exact) mass is 435 g/mol. The predicted molar refractivity (Wildman–Crippen MR) is 104 cm³/mol. The standard InChI is InChI=1S/C19H31F2N3O6/c1-6-10(4)15(22-11(5)25)18(28)24-13(7-9(2)3)17(27)23-12(8-14(20)21)16(26)19(29)30/h9-10,12-15H,6-8H2,1-5H3,(H,22,25)(H,23,27)(H,24,28)(H,29,30)/t10?,12-,13-,15-/m0/s1. The summed E-state index contributed by atoms with van der Waals surface area (Å²) in [7, 11) is 0. The summed E-state index contributed by atoms with van der Waals surface area (Å²) in [6.07, 6.45) is -3.52. The summed E-state index contributed by atoms with van der Waals surface area (Å²) < 4.78 is 25.5. The van der Waals surface area contributed by atoms with E-state index in [1.807, 2.05) is 12.2 Å². The number of halogens is 2. The zero-order chi connectivity index (χ0) is 23.6. The molecule has 11 heteroatoms. The molecule has 0 saturated carbocycles. The molecule has 9 nitrogen and oxygen atoms in total. The van der Waals surface area contributed by atoms with Gasteiger partial charge in [-0.2, -0.15) is 0 Å². The number of carboxylic acid groups (broad SMARTS) is 1. The van der Waals surface area contributed by atoms with Gasteiger partial charge in [-0.1, -0.05) is 34.1 Å². The summed E-state index contributed by atoms with van der Waals surface area (Å²) in [6.45, 7) is 8.31. The van der Waals surface area contributed by atoms with Gasteiger partial charge in [0.2, 0.25) is 24.1 Å². The van der Waals surface area contributed by atoms with Crippen LogP contribution < -0.4 is 16.0 Å². The highest BCUT2D eigenvalue weighted by molar-refractivity contribution is 6.35. The van der Waals surface area contributed by atoms with Crippen LogP contribution in [0, 0.1) is 11.8 Å². The minimum Gasteiger partial charge on any atom is -0.475 e. The van der Waals surface area contributed by atoms with Crippen LogP contribution >= 0.6 is 0 Å². The zero-order valence-corrected chi connectivity index (χ0v) is 17.8. The molecule has 0 bridgehead atoms. The molecule has 0 rings (SSSR count). The smallest absolute Gasteiger partial charge is 0.374 e. The van der Waals surface area contributed by atoms with Gasteiger partial charge in [0.15, 0.2) is 0 Å². The summed E-state index contributed by atoms with van der Waals surface area (Å²) in [4.78, 5) is 59.3. The largest absolute Gasteiger partial charge is 0.475 e. The fraction of sp³-hybridized carbons (Fsp3) is 0.737. The number of amides is 3. The molecule has 3 amide bonds. The van der Waals surface area contributed by atoms with Crippen LogP contribution in [0.4, 0.5) is 8.78 Å². The molecule has 4 atom stereocenters. The number of carboxylic acids is 1. The molecule has 0 aromatic rings. The lowest BCUT2D eigenvalue weighted by Crippen LogP contribution is -2.57. The van der Waals surface area contributed by atoms with Crippen molar-refractivity contribution >= 4 is 29.5 Å². The van der Waals surface area contributed by atoms with Gasteiger partial charge in [-0.05, 0) is 18.3 Å². The second-order valence-electron chi connectivity index (χ2n) is 7.61. The van der Waals surface area contributed by atoms with Crippen LogP contribution in [0.5, 0.6) is 0 Å². The molecule has 0 radical (unpaired) electrons. The van der Waals surface area contributed by atoms with E-state index in [-0.39, 0.29) is 18.3 Å². The van der Waals surface area contributed by atoms with E-state index < -0.39 is 60.4 Å². The maximum Gasteiger partial charge on any atom is 0.374 e. The minimum absolute atomic E-state index is 0.104. The molecule has 0 aliphatic carbocycles. The Morgan fingerprint density at radius 1 is 0.867 bits per heavy atom. The van der Waals surface area contributed by atoms with E-state index in [1.54, 1.807) is 20.8 Å². The summed E-state index contributed by atoms with van der Waals surface area (Å²) >= 11 is 0. The van der Waals surface area contributed by atoms with Gasteiger partial charge >= 0.3 is 5.97 Å². The Morgan fingerprint density at radius 2 is 1.40 bits per heavy atom. The minimum atomic E-state index is -3.02. The van der Waals surface area contributed by atoms with Gasteiger partial charge in [-0.3, -0.25) is 19.2 Å². The Hall–Kier alpha value is -2.59. The average Bonchev–Trinajstić information content (AvgIpc) is 2.62. The second-order valence-corrected chi connectivity index (χ2v) is 7.61. The van der Waals surface area contributed by atoms with Crippen LogP contribution in [-0.2, 0) is 24.0 Å². The van der Waals surface area contributed by atoms with Crippen molar-refractivity contribution in [3.05, 3.63) is 0 Å². The highest BCUT2D eigenvalue weighted by atomic mass is 19.3. The van der Waals surface area contributed by atoms with Crippen LogP contribution in [0.2, 0.25) is 0 Å². The summed E-state index contributed by atoms with van der Waals surface area (Å²) in [5.74, 6) is -5.92. The first-order valence-corrected chi connectivity index (χ1v) is 9.73. The SMILES string of the molecule is CCC(C)[C@H](NC(C)=O)C(=O)N[C@@H](CC(C)C)C(=O)N[C@@H](CC(F)F)C(=O)C(=O)O. The first-order valence-electron chi connectivity index (χ1n) is 9.73. The molecule has 0 aliphatic rings. The number of ketones is 1. The molecule has 0 spiro atoms. The third kappa shape index (κ3) is 9.75. The summed E-state index contributed by atoms with van der Waals surface area (Å²) in [5, 5.41) is 15.8. The fourth-order valence-electron chi connectivity index (χ4n) is 2.72. The maximum absolute atomic E-state index is 12.7. The van der Waals surface area contributed by atoms with Gasteiger partial charge in [0, 0.05) is 13.3 Å². The van der Waals surface area contributed by atoms with Crippen LogP contribution in [0.15, 0.2) is 0 Å². The number of carbonyl (C=O) groups is 5. The quantitative estimate of drug-likeness (QED) is 0.316. The molecule has 0 aliphatic heterocycles. The first kappa shape index (κ1) is 27.4. The lowest BCUT2D eigenvalue weighted by Gasteiger charge is -2.27. The number of aliphatic carboxylic acids is 1. The van der Waals surface area contributed by atoms with E-state index in [2.05, 4.69) is 10.6 Å². The normalized spacial score (nSPS) is 15.1. The molecule has 0 aromatic heterocycles. The molecule has 0 aromatic carbocycles. The van der Waals surface area contributed by atoms with Crippen molar-refractivity contribution in [1.29, 1.82) is 0 Å². The van der Waals surface area contributed by atoms with Crippen molar-refractivity contribution in [1.82, 2.24) is 16.0 Å². The summed E-state index contributed by atoms with van der Waals surface area (Å²) in [6, 6.07) is -4.06. The number of carbonyl (C=O) groups excluding carboxylic acids is 4. The van der Waals surface area contributed by atoms with Gasteiger partial charge in [-0.25, -0.2) is 13.6 Å². The number of alkyl halides is 2. The van der Waals surface area contributed by atoms with E-state index in [4.69, 9.17) is 5.11 Å². The van der Waals surface area contributed by atoms with Gasteiger partial charge in [0.05, 0.1) is 0 Å². The van der Waals surface area contributed by atoms with Crippen molar-refractivity contribution in [3.63, 3.8) is 0 Å². The van der Waals surface area contributed by atoms with Gasteiger partial charge in [0.25, 0.3) is 5.78 Å². The molecule has 4 N–H and O–H groups in total. The number of rotatable bonds is 13. The molecular formula is C19H31F2N3O6. The Morgan fingerprint density at radius 3 is 1.80 bits per heavy atom. The predicted octanol–water partition coefficient (Wildman–Crippen LogP) is 0.862. The lowest BCUT2D eigenvalue weighted by atomic mass is 9.96. The van der Waals surface area contributed by atoms with Crippen LogP contribution in [0.3, 0.4) is 0 Å². The second kappa shape index (κ2) is 12.9.